The quantitative estimate of drug-likeness (QED) is 0.744. The number of fused-ring (bicyclic) bond motifs is 1. The van der Waals surface area contributed by atoms with E-state index in [0.717, 1.165) is 24.2 Å². The topological polar surface area (TPSA) is 65.3 Å². The fraction of sp³-hybridized carbons (Fsp3) is 0.250. The van der Waals surface area contributed by atoms with Crippen LogP contribution in [0.3, 0.4) is 0 Å². The van der Waals surface area contributed by atoms with Crippen molar-refractivity contribution in [2.24, 2.45) is 0 Å². The van der Waals surface area contributed by atoms with Gasteiger partial charge < -0.3 is 10.3 Å². The summed E-state index contributed by atoms with van der Waals surface area (Å²) in [5.74, 6) is 0. The predicted molar refractivity (Wildman–Crippen MR) is 83.4 cm³/mol. The van der Waals surface area contributed by atoms with Gasteiger partial charge in [0.2, 0.25) is 0 Å². The van der Waals surface area contributed by atoms with Gasteiger partial charge in [-0.05, 0) is 43.5 Å². The molecule has 0 aliphatic carbocycles. The number of aryl methyl sites for hydroxylation is 3. The van der Waals surface area contributed by atoms with E-state index >= 15 is 0 Å². The van der Waals surface area contributed by atoms with Crippen molar-refractivity contribution in [3.05, 3.63) is 64.3 Å². The number of hydrogen-bond donors (Lipinski definition) is 1. The van der Waals surface area contributed by atoms with Gasteiger partial charge in [-0.3, -0.25) is 4.79 Å². The maximum Gasteiger partial charge on any atom is 0.276 e. The largest absolute Gasteiger partial charge is 0.399 e. The number of nitrogens with two attached hydrogens (primary N) is 1. The van der Waals surface area contributed by atoms with E-state index in [1.165, 1.54) is 5.56 Å². The molecular formula is C16H18N4O. The first-order valence-corrected chi connectivity index (χ1v) is 7.03. The molecule has 0 radical (unpaired) electrons. The lowest BCUT2D eigenvalue weighted by Crippen LogP contribution is -2.21. The molecule has 0 amide bonds. The molecule has 5 nitrogen and oxygen atoms in total. The lowest BCUT2D eigenvalue weighted by Gasteiger charge is -2.06. The first-order valence-electron chi connectivity index (χ1n) is 7.03. The summed E-state index contributed by atoms with van der Waals surface area (Å²) < 4.78 is 3.38. The molecule has 0 saturated carbocycles. The van der Waals surface area contributed by atoms with E-state index < -0.39 is 0 Å². The van der Waals surface area contributed by atoms with E-state index in [2.05, 4.69) is 5.10 Å². The summed E-state index contributed by atoms with van der Waals surface area (Å²) in [6, 6.07) is 9.69. The van der Waals surface area contributed by atoms with Crippen LogP contribution in [0.25, 0.3) is 5.52 Å². The third-order valence-electron chi connectivity index (χ3n) is 3.57. The summed E-state index contributed by atoms with van der Waals surface area (Å²) >= 11 is 0. The predicted octanol–water partition coefficient (Wildman–Crippen LogP) is 2.02. The van der Waals surface area contributed by atoms with Crippen LogP contribution in [0.1, 0.15) is 17.7 Å². The van der Waals surface area contributed by atoms with Crippen LogP contribution in [0, 0.1) is 6.92 Å². The van der Waals surface area contributed by atoms with Gasteiger partial charge in [0.1, 0.15) is 5.52 Å². The summed E-state index contributed by atoms with van der Waals surface area (Å²) in [7, 11) is 0. The van der Waals surface area contributed by atoms with Gasteiger partial charge in [0.25, 0.3) is 5.56 Å². The molecule has 5 heteroatoms. The SMILES string of the molecule is Cc1cc2c(=O)n(CCCc3ccc(N)cc3)ccn2n1. The Bertz CT molecular complexity index is 814. The summed E-state index contributed by atoms with van der Waals surface area (Å²) in [6.07, 6.45) is 5.46. The third-order valence-corrected chi connectivity index (χ3v) is 3.57. The number of rotatable bonds is 4. The van der Waals surface area contributed by atoms with Gasteiger partial charge in [0.05, 0.1) is 5.69 Å². The molecule has 0 saturated heterocycles. The average molecular weight is 282 g/mol. The smallest absolute Gasteiger partial charge is 0.276 e. The maximum atomic E-state index is 12.3. The van der Waals surface area contributed by atoms with Crippen molar-refractivity contribution in [1.82, 2.24) is 14.2 Å². The normalized spacial score (nSPS) is 11.1. The highest BCUT2D eigenvalue weighted by molar-refractivity contribution is 5.44. The van der Waals surface area contributed by atoms with Crippen molar-refractivity contribution < 1.29 is 0 Å². The van der Waals surface area contributed by atoms with Crippen LogP contribution < -0.4 is 11.3 Å². The Morgan fingerprint density at radius 1 is 1.19 bits per heavy atom. The Morgan fingerprint density at radius 2 is 1.95 bits per heavy atom. The molecule has 2 aromatic heterocycles. The highest BCUT2D eigenvalue weighted by Crippen LogP contribution is 2.08. The lowest BCUT2D eigenvalue weighted by atomic mass is 10.1. The Balaban J connectivity index is 1.72. The van der Waals surface area contributed by atoms with Crippen LogP contribution in [0.2, 0.25) is 0 Å². The molecule has 3 rings (SSSR count). The Kier molecular flexibility index (Phi) is 3.48. The summed E-state index contributed by atoms with van der Waals surface area (Å²) in [5.41, 5.74) is 9.17. The van der Waals surface area contributed by atoms with Crippen LogP contribution in [0.5, 0.6) is 0 Å². The van der Waals surface area contributed by atoms with Crippen molar-refractivity contribution in [2.45, 2.75) is 26.3 Å². The first kappa shape index (κ1) is 13.4. The molecule has 0 aliphatic rings. The van der Waals surface area contributed by atoms with Crippen molar-refractivity contribution in [3.63, 3.8) is 0 Å². The summed E-state index contributed by atoms with van der Waals surface area (Å²) in [4.78, 5) is 12.3. The van der Waals surface area contributed by atoms with E-state index in [1.807, 2.05) is 43.5 Å². The summed E-state index contributed by atoms with van der Waals surface area (Å²) in [6.45, 7) is 2.59. The van der Waals surface area contributed by atoms with Crippen LogP contribution in [-0.2, 0) is 13.0 Å². The highest BCUT2D eigenvalue weighted by Gasteiger charge is 2.05. The number of nitrogen functional groups attached to an aromatic ring is 1. The van der Waals surface area contributed by atoms with Crippen LogP contribution >= 0.6 is 0 Å². The Labute approximate surface area is 122 Å². The van der Waals surface area contributed by atoms with Crippen LogP contribution in [0.15, 0.2) is 47.5 Å². The van der Waals surface area contributed by atoms with Gasteiger partial charge in [-0.15, -0.1) is 0 Å². The molecule has 0 aliphatic heterocycles. The van der Waals surface area contributed by atoms with E-state index in [0.29, 0.717) is 12.1 Å². The molecule has 21 heavy (non-hydrogen) atoms. The highest BCUT2D eigenvalue weighted by atomic mass is 16.1. The zero-order valence-electron chi connectivity index (χ0n) is 12.0. The lowest BCUT2D eigenvalue weighted by molar-refractivity contribution is 0.618. The monoisotopic (exact) mass is 282 g/mol. The van der Waals surface area contributed by atoms with Gasteiger partial charge >= 0.3 is 0 Å². The number of benzene rings is 1. The van der Waals surface area contributed by atoms with Crippen molar-refractivity contribution in [1.29, 1.82) is 0 Å². The minimum atomic E-state index is 0.00964. The van der Waals surface area contributed by atoms with E-state index in [1.54, 1.807) is 15.3 Å². The molecule has 2 N–H and O–H groups in total. The van der Waals surface area contributed by atoms with Gasteiger partial charge in [-0.25, -0.2) is 4.52 Å². The van der Waals surface area contributed by atoms with Crippen LogP contribution in [-0.4, -0.2) is 14.2 Å². The zero-order chi connectivity index (χ0) is 14.8. The second-order valence-electron chi connectivity index (χ2n) is 5.26. The van der Waals surface area contributed by atoms with E-state index in [-0.39, 0.29) is 5.56 Å². The van der Waals surface area contributed by atoms with Crippen molar-refractivity contribution in [3.8, 4) is 0 Å². The van der Waals surface area contributed by atoms with Crippen LogP contribution in [0.4, 0.5) is 5.69 Å². The van der Waals surface area contributed by atoms with Gasteiger partial charge in [0.15, 0.2) is 0 Å². The summed E-state index contributed by atoms with van der Waals surface area (Å²) in [5, 5.41) is 4.24. The van der Waals surface area contributed by atoms with Gasteiger partial charge in [-0.1, -0.05) is 12.1 Å². The van der Waals surface area contributed by atoms with Crippen molar-refractivity contribution >= 4 is 11.2 Å². The van der Waals surface area contributed by atoms with Gasteiger partial charge in [0, 0.05) is 24.6 Å². The van der Waals surface area contributed by atoms with E-state index in [9.17, 15) is 4.79 Å². The molecule has 0 fully saturated rings. The zero-order valence-corrected chi connectivity index (χ0v) is 12.0. The molecule has 0 atom stereocenters. The Morgan fingerprint density at radius 3 is 2.71 bits per heavy atom. The molecular weight excluding hydrogens is 264 g/mol. The number of anilines is 1. The molecule has 108 valence electrons. The first-order chi connectivity index (χ1) is 10.1. The minimum absolute atomic E-state index is 0.00964. The second-order valence-corrected chi connectivity index (χ2v) is 5.26. The number of aromatic nitrogens is 3. The minimum Gasteiger partial charge on any atom is -0.399 e. The standard InChI is InChI=1S/C16H18N4O/c1-12-11-15-16(21)19(9-10-20(15)18-12)8-2-3-13-4-6-14(17)7-5-13/h4-7,9-11H,2-3,8,17H2,1H3. The van der Waals surface area contributed by atoms with Gasteiger partial charge in [-0.2, -0.15) is 5.10 Å². The third kappa shape index (κ3) is 2.81. The fourth-order valence-electron chi connectivity index (χ4n) is 2.46. The maximum absolute atomic E-state index is 12.3. The molecule has 0 spiro atoms. The number of nitrogens with zero attached hydrogens (tertiary/aromatic N) is 3. The number of hydrogen-bond acceptors (Lipinski definition) is 3. The molecule has 1 aromatic carbocycles. The molecule has 0 bridgehead atoms. The van der Waals surface area contributed by atoms with E-state index in [4.69, 9.17) is 5.73 Å². The Hall–Kier alpha value is -2.56. The second kappa shape index (κ2) is 5.44. The van der Waals surface area contributed by atoms with Crippen molar-refractivity contribution in [2.75, 3.05) is 5.73 Å². The fourth-order valence-corrected chi connectivity index (χ4v) is 2.46. The molecule has 3 aromatic rings. The average Bonchev–Trinajstić information content (AvgIpc) is 2.85. The molecule has 2 heterocycles. The molecule has 0 unspecified atom stereocenters.